The molecule has 9 heterocycles. The van der Waals surface area contributed by atoms with Gasteiger partial charge in [-0.2, -0.15) is 0 Å². The van der Waals surface area contributed by atoms with Crippen molar-refractivity contribution in [2.75, 3.05) is 19.8 Å². The number of carbonyl (C=O) groups is 9. The summed E-state index contributed by atoms with van der Waals surface area (Å²) in [5.41, 5.74) is 2.71. The van der Waals surface area contributed by atoms with Gasteiger partial charge in [-0.1, -0.05) is 47.5 Å². The molecule has 42 nitrogen and oxygen atoms in total. The van der Waals surface area contributed by atoms with Crippen molar-refractivity contribution in [1.29, 1.82) is 0 Å². The lowest BCUT2D eigenvalue weighted by atomic mass is 9.89. The highest BCUT2D eigenvalue weighted by molar-refractivity contribution is 6.32. The van der Waals surface area contributed by atoms with Crippen LogP contribution >= 0.6 is 23.2 Å². The van der Waals surface area contributed by atoms with Crippen molar-refractivity contribution in [1.82, 2.24) is 42.5 Å². The SMILES string of the molecule is CC(=O)NC1C(Oc2c3cc4cc2Oc2ccc(cc2Cl)C(OC2OC(CO)C(O)C(O)C2NC(C)=O)C2NC(=O)C(NC(=O)C4NC(=O)C4NC(=O)C(Cc5ccc(c(Cl)c5)O3)NC(=O)C(N)c3ccc(O)c(c3)Oc3cc(O)cc4c3)c3ccc(O)c(c3)-c3c(OC4OC(CO)C(O)C(O)C4O)cc(O)cc3C(C(=O)O)NC2=O)OC(CO)C(O)C1O. The van der Waals surface area contributed by atoms with Crippen LogP contribution in [0.4, 0.5) is 0 Å². The number of benzene rings is 7. The number of carbonyl (C=O) groups excluding carboxylic acids is 8. The van der Waals surface area contributed by atoms with E-state index in [1.807, 2.05) is 0 Å². The normalized spacial score (nSPS) is 29.9. The molecule has 25 N–H and O–H groups in total. The van der Waals surface area contributed by atoms with Crippen LogP contribution in [0.3, 0.4) is 0 Å². The van der Waals surface area contributed by atoms with Crippen LogP contribution in [0.5, 0.6) is 69.0 Å². The van der Waals surface area contributed by atoms with Gasteiger partial charge in [0.1, 0.15) is 156 Å². The molecule has 0 aromatic heterocycles. The van der Waals surface area contributed by atoms with E-state index in [2.05, 4.69) is 42.5 Å². The van der Waals surface area contributed by atoms with E-state index in [4.69, 9.17) is 71.6 Å². The number of nitrogens with two attached hydrogens (primary N) is 1. The van der Waals surface area contributed by atoms with Crippen molar-refractivity contribution < 1.29 is 162 Å². The Morgan fingerprint density at radius 1 is 0.476 bits per heavy atom. The molecule has 0 radical (unpaired) electrons. The zero-order valence-corrected chi connectivity index (χ0v) is 66.0. The van der Waals surface area contributed by atoms with E-state index < -0.39 is 316 Å². The summed E-state index contributed by atoms with van der Waals surface area (Å²) in [6.07, 6.45) is -29.2. The number of phenolic OH excluding ortho intramolecular Hbond substituents is 4. The maximum absolute atomic E-state index is 16.9. The average molecular weight is 1770 g/mol. The largest absolute Gasteiger partial charge is 0.508 e. The third-order valence-corrected chi connectivity index (χ3v) is 22.1. The molecule has 0 spiro atoms. The second kappa shape index (κ2) is 36.0. The quantitative estimate of drug-likeness (QED) is 0.0632. The number of nitrogens with one attached hydrogen (secondary N) is 8. The molecular weight excluding hydrogens is 1690 g/mol. The summed E-state index contributed by atoms with van der Waals surface area (Å²) < 4.78 is 56.7. The molecule has 17 bridgehead atoms. The molecule has 3 fully saturated rings. The van der Waals surface area contributed by atoms with Gasteiger partial charge in [-0.25, -0.2) is 4.79 Å². The first-order valence-corrected chi connectivity index (χ1v) is 38.8. The van der Waals surface area contributed by atoms with E-state index in [0.717, 1.165) is 98.8 Å². The molecule has 9 aliphatic heterocycles. The molecule has 8 amide bonds. The average Bonchev–Trinajstić information content (AvgIpc) is 0.758. The first-order chi connectivity index (χ1) is 59.0. The molecule has 658 valence electrons. The molecule has 7 aromatic rings. The van der Waals surface area contributed by atoms with E-state index in [9.17, 15) is 95.8 Å². The number of phenols is 4. The van der Waals surface area contributed by atoms with Gasteiger partial charge in [0.05, 0.1) is 29.9 Å². The molecule has 44 heteroatoms. The minimum Gasteiger partial charge on any atom is -0.508 e. The highest BCUT2D eigenvalue weighted by atomic mass is 35.5. The van der Waals surface area contributed by atoms with Gasteiger partial charge >= 0.3 is 5.97 Å². The van der Waals surface area contributed by atoms with Crippen LogP contribution < -0.4 is 72.0 Å². The fourth-order valence-electron chi connectivity index (χ4n) is 15.3. The Kier molecular flexibility index (Phi) is 25.6. The summed E-state index contributed by atoms with van der Waals surface area (Å²) in [5, 5.41) is 188. The van der Waals surface area contributed by atoms with Crippen molar-refractivity contribution in [2.24, 2.45) is 5.73 Å². The molecule has 23 atom stereocenters. The summed E-state index contributed by atoms with van der Waals surface area (Å²) >= 11 is 14.6. The number of hydrogen-bond acceptors (Lipinski definition) is 33. The van der Waals surface area contributed by atoms with Crippen molar-refractivity contribution in [3.05, 3.63) is 164 Å². The topological polar surface area (TPSA) is 662 Å². The smallest absolute Gasteiger partial charge is 0.330 e. The Morgan fingerprint density at radius 2 is 1.00 bits per heavy atom. The minimum absolute atomic E-state index is 0.0241. The van der Waals surface area contributed by atoms with Crippen LogP contribution in [-0.4, -0.2) is 254 Å². The van der Waals surface area contributed by atoms with Crippen LogP contribution in [0.1, 0.15) is 89.1 Å². The standard InChI is InChI=1S/C80H81Cl2N9O33/c1-26(95)84-59-65(104)62(101)50(23-92)120-78(59)123-69-31-6-10-45(40(82)16-31)118-49-19-33-18-48(70(49)124-79-60(85-27(2)96)66(105)63(102)51(24-93)121-79)117-44-9-3-28(11-39(44)81)12-41-71(108)87-56(32-13-34(97)20-36(14-32)116-46-17-29(4-8-43(46)100)54(83)72(109)86-41)74(111)89-57(33)75(112)88-55-30-5-7-42(99)37(15-30)53-38(58(77(114)115)90-76(113)61(69)91-73(55)110)21-35(98)22-47(53)119-80-68(107)67(106)64(103)52(25-94)122-80/h3-11,13-22,41,50-52,54-69,78-80,92-94,97-107H,12,23-25,83H2,1-2H3,(H,84,95)(H,85,96)(H,86,109)(H,87,108)(H,88,112)(H,89,111)(H,90,113)(H,91,110)(H,114,115). The van der Waals surface area contributed by atoms with Gasteiger partial charge < -0.3 is 167 Å². The van der Waals surface area contributed by atoms with Crippen molar-refractivity contribution in [3.63, 3.8) is 0 Å². The summed E-state index contributed by atoms with van der Waals surface area (Å²) in [5.74, 6) is -19.8. The Labute approximate surface area is 708 Å². The Hall–Kier alpha value is -12.1. The maximum Gasteiger partial charge on any atom is 0.330 e. The summed E-state index contributed by atoms with van der Waals surface area (Å²) in [6, 6.07) is 0.427. The van der Waals surface area contributed by atoms with Crippen LogP contribution in [-0.2, 0) is 68.5 Å². The highest BCUT2D eigenvalue weighted by Gasteiger charge is 2.52. The van der Waals surface area contributed by atoms with E-state index in [0.29, 0.717) is 0 Å². The number of aromatic hydroxyl groups is 4. The van der Waals surface area contributed by atoms with Gasteiger partial charge in [-0.05, 0) is 112 Å². The number of halogens is 2. The minimum atomic E-state index is -2.59. The molecule has 0 aliphatic carbocycles. The third kappa shape index (κ3) is 17.9. The molecule has 0 saturated carbocycles. The van der Waals surface area contributed by atoms with Gasteiger partial charge in [0.25, 0.3) is 0 Å². The molecule has 23 unspecified atom stereocenters. The van der Waals surface area contributed by atoms with E-state index in [1.54, 1.807) is 0 Å². The van der Waals surface area contributed by atoms with Gasteiger partial charge in [-0.15, -0.1) is 0 Å². The number of aliphatic carboxylic acids is 1. The van der Waals surface area contributed by atoms with Crippen molar-refractivity contribution in [2.45, 2.75) is 161 Å². The maximum atomic E-state index is 16.9. The fourth-order valence-corrected chi connectivity index (χ4v) is 15.7. The van der Waals surface area contributed by atoms with Gasteiger partial charge in [0.15, 0.2) is 35.3 Å². The predicted molar refractivity (Wildman–Crippen MR) is 416 cm³/mol. The zero-order chi connectivity index (χ0) is 89.0. The van der Waals surface area contributed by atoms with E-state index in [-0.39, 0.29) is 33.4 Å². The number of hydrogen-bond donors (Lipinski definition) is 24. The lowest BCUT2D eigenvalue weighted by molar-refractivity contribution is -0.284. The number of carboxylic acid groups (broad SMARTS) is 1. The molecule has 9 aliphatic rings. The zero-order valence-electron chi connectivity index (χ0n) is 64.5. The Bertz CT molecular complexity index is 5380. The number of amides is 8. The van der Waals surface area contributed by atoms with Crippen LogP contribution in [0.15, 0.2) is 115 Å². The Morgan fingerprint density at radius 3 is 1.60 bits per heavy atom. The number of rotatable bonds is 12. The first-order valence-electron chi connectivity index (χ1n) is 38.0. The summed E-state index contributed by atoms with van der Waals surface area (Å²) in [6.45, 7) is -1.16. The van der Waals surface area contributed by atoms with E-state index >= 15 is 24.0 Å². The second-order valence-electron chi connectivity index (χ2n) is 30.0. The highest BCUT2D eigenvalue weighted by Crippen LogP contribution is 2.51. The lowest BCUT2D eigenvalue weighted by Gasteiger charge is -2.44. The van der Waals surface area contributed by atoms with Gasteiger partial charge in [0, 0.05) is 49.1 Å². The molecule has 16 rings (SSSR count). The summed E-state index contributed by atoms with van der Waals surface area (Å²) in [4.78, 5) is 136. The number of carboxylic acids is 1. The Balaban J connectivity index is 1.05. The number of aliphatic hydroxyl groups excluding tert-OH is 10. The third-order valence-electron chi connectivity index (χ3n) is 21.5. The van der Waals surface area contributed by atoms with E-state index in [1.165, 1.54) is 30.3 Å². The molecule has 7 aromatic carbocycles. The second-order valence-corrected chi connectivity index (χ2v) is 30.8. The fraction of sp³-hybridized carbons (Fsp3) is 0.362. The van der Waals surface area contributed by atoms with Crippen LogP contribution in [0.2, 0.25) is 10.0 Å². The number of fused-ring (bicyclic) bond motifs is 14. The van der Waals surface area contributed by atoms with Crippen molar-refractivity contribution >= 4 is 76.4 Å². The van der Waals surface area contributed by atoms with Gasteiger partial charge in [-0.3, -0.25) is 38.4 Å². The predicted octanol–water partition coefficient (Wildman–Crippen LogP) is -1.96. The molecular formula is C80H81Cl2N9O33. The number of aliphatic hydroxyl groups is 10. The summed E-state index contributed by atoms with van der Waals surface area (Å²) in [7, 11) is 0. The van der Waals surface area contributed by atoms with Crippen LogP contribution in [0.25, 0.3) is 11.1 Å². The van der Waals surface area contributed by atoms with Crippen molar-refractivity contribution in [3.8, 4) is 80.1 Å². The van der Waals surface area contributed by atoms with Crippen LogP contribution in [0, 0.1) is 0 Å². The number of ether oxygens (including phenoxy) is 9. The first kappa shape index (κ1) is 88.3. The molecule has 3 saturated heterocycles. The lowest BCUT2D eigenvalue weighted by Crippen LogP contribution is -2.65. The monoisotopic (exact) mass is 1770 g/mol. The molecule has 124 heavy (non-hydrogen) atoms. The van der Waals surface area contributed by atoms with Gasteiger partial charge in [0.2, 0.25) is 65.6 Å².